The maximum Gasteiger partial charge on any atom is 0.258 e. The highest BCUT2D eigenvalue weighted by atomic mass is 16.3. The van der Waals surface area contributed by atoms with Crippen molar-refractivity contribution in [2.75, 3.05) is 31.1 Å². The summed E-state index contributed by atoms with van der Waals surface area (Å²) in [6.07, 6.45) is 0.356. The first-order valence-corrected chi connectivity index (χ1v) is 9.31. The van der Waals surface area contributed by atoms with Gasteiger partial charge in [0, 0.05) is 32.0 Å². The van der Waals surface area contributed by atoms with Crippen LogP contribution in [0.25, 0.3) is 0 Å². The van der Waals surface area contributed by atoms with Crippen LogP contribution < -0.4 is 15.5 Å². The number of nitrogens with zero attached hydrogens (tertiary/aromatic N) is 2. The molecular formula is C19H24N4O4. The predicted molar refractivity (Wildman–Crippen MR) is 98.0 cm³/mol. The zero-order valence-corrected chi connectivity index (χ0v) is 15.3. The third-order valence-electron chi connectivity index (χ3n) is 5.91. The van der Waals surface area contributed by atoms with Crippen molar-refractivity contribution in [3.05, 3.63) is 29.8 Å². The minimum atomic E-state index is -0.839. The summed E-state index contributed by atoms with van der Waals surface area (Å²) in [4.78, 5) is 41.3. The minimum absolute atomic E-state index is 0.0353. The largest absolute Gasteiger partial charge is 0.391 e. The van der Waals surface area contributed by atoms with Gasteiger partial charge in [-0.15, -0.1) is 0 Å². The van der Waals surface area contributed by atoms with E-state index in [4.69, 9.17) is 0 Å². The third-order valence-corrected chi connectivity index (χ3v) is 5.91. The van der Waals surface area contributed by atoms with Crippen LogP contribution in [0.5, 0.6) is 0 Å². The number of carbonyl (C=O) groups excluding carboxylic acids is 3. The van der Waals surface area contributed by atoms with E-state index >= 15 is 0 Å². The number of anilines is 1. The van der Waals surface area contributed by atoms with Gasteiger partial charge in [-0.05, 0) is 25.5 Å². The van der Waals surface area contributed by atoms with Gasteiger partial charge < -0.3 is 20.6 Å². The van der Waals surface area contributed by atoms with E-state index in [0.29, 0.717) is 43.7 Å². The number of benzene rings is 1. The van der Waals surface area contributed by atoms with Crippen LogP contribution in [0.4, 0.5) is 5.69 Å². The highest BCUT2D eigenvalue weighted by Crippen LogP contribution is 2.43. The number of nitrogens with one attached hydrogen (secondary N) is 2. The number of hydrogen-bond donors (Lipinski definition) is 3. The van der Waals surface area contributed by atoms with Gasteiger partial charge in [0.05, 0.1) is 17.4 Å². The molecule has 3 heterocycles. The number of aliphatic hydroxyl groups is 1. The number of β-amino-alcohol motifs (C(OH)–C–C–N with tert-alkyl or cyclic N) is 1. The molecule has 0 radical (unpaired) electrons. The second-order valence-corrected chi connectivity index (χ2v) is 7.64. The van der Waals surface area contributed by atoms with Crippen molar-refractivity contribution in [3.63, 3.8) is 0 Å². The van der Waals surface area contributed by atoms with E-state index in [2.05, 4.69) is 10.6 Å². The molecule has 144 valence electrons. The molecule has 27 heavy (non-hydrogen) atoms. The Balaban J connectivity index is 1.54. The lowest BCUT2D eigenvalue weighted by molar-refractivity contribution is -0.124. The molecule has 2 fully saturated rings. The first kappa shape index (κ1) is 17.9. The van der Waals surface area contributed by atoms with Crippen molar-refractivity contribution in [1.82, 2.24) is 15.5 Å². The van der Waals surface area contributed by atoms with Crippen LogP contribution in [0.2, 0.25) is 0 Å². The maximum absolute atomic E-state index is 13.1. The van der Waals surface area contributed by atoms with Crippen molar-refractivity contribution in [2.24, 2.45) is 5.92 Å². The second-order valence-electron chi connectivity index (χ2n) is 7.64. The summed E-state index contributed by atoms with van der Waals surface area (Å²) in [6, 6.07) is 7.03. The summed E-state index contributed by atoms with van der Waals surface area (Å²) in [5.74, 6) is -0.603. The summed E-state index contributed by atoms with van der Waals surface area (Å²) in [7, 11) is 0. The average molecular weight is 372 g/mol. The van der Waals surface area contributed by atoms with E-state index in [9.17, 15) is 19.5 Å². The van der Waals surface area contributed by atoms with Crippen molar-refractivity contribution >= 4 is 23.4 Å². The number of fused-ring (bicyclic) bond motifs is 3. The Kier molecular flexibility index (Phi) is 4.39. The molecule has 2 saturated heterocycles. The second kappa shape index (κ2) is 6.61. The molecule has 3 amide bonds. The van der Waals surface area contributed by atoms with Crippen molar-refractivity contribution in [2.45, 2.75) is 31.5 Å². The van der Waals surface area contributed by atoms with Gasteiger partial charge in [-0.25, -0.2) is 0 Å². The van der Waals surface area contributed by atoms with Crippen molar-refractivity contribution in [3.8, 4) is 0 Å². The van der Waals surface area contributed by atoms with Crippen LogP contribution in [-0.2, 0) is 9.59 Å². The van der Waals surface area contributed by atoms with Gasteiger partial charge >= 0.3 is 0 Å². The van der Waals surface area contributed by atoms with Gasteiger partial charge in [-0.2, -0.15) is 0 Å². The average Bonchev–Trinajstić information content (AvgIpc) is 3.20. The Morgan fingerprint density at radius 2 is 2.11 bits per heavy atom. The fourth-order valence-electron chi connectivity index (χ4n) is 4.31. The van der Waals surface area contributed by atoms with Gasteiger partial charge in [0.15, 0.2) is 0 Å². The summed E-state index contributed by atoms with van der Waals surface area (Å²) >= 11 is 0. The van der Waals surface area contributed by atoms with E-state index in [1.165, 1.54) is 4.90 Å². The monoisotopic (exact) mass is 372 g/mol. The molecule has 3 aliphatic rings. The SMILES string of the molecule is CC12CCC(=O)N1c1ccccc1C(=O)N2CC(=O)NCC1CNCC1O. The molecule has 1 aromatic rings. The lowest BCUT2D eigenvalue weighted by atomic mass is 9.98. The fourth-order valence-corrected chi connectivity index (χ4v) is 4.31. The molecule has 3 aliphatic heterocycles. The predicted octanol–water partition coefficient (Wildman–Crippen LogP) is -0.318. The normalized spacial score (nSPS) is 29.7. The number of carbonyl (C=O) groups is 3. The summed E-state index contributed by atoms with van der Waals surface area (Å²) in [5.41, 5.74) is 0.214. The molecule has 4 rings (SSSR count). The van der Waals surface area contributed by atoms with Gasteiger partial charge in [0.25, 0.3) is 5.91 Å². The molecule has 0 aromatic heterocycles. The van der Waals surface area contributed by atoms with Crippen LogP contribution >= 0.6 is 0 Å². The summed E-state index contributed by atoms with van der Waals surface area (Å²) in [5, 5.41) is 15.7. The maximum atomic E-state index is 13.1. The van der Waals surface area contributed by atoms with Crippen molar-refractivity contribution < 1.29 is 19.5 Å². The molecule has 1 aromatic carbocycles. The Hall–Kier alpha value is -2.45. The summed E-state index contributed by atoms with van der Waals surface area (Å²) in [6.45, 7) is 3.24. The Labute approximate surface area is 157 Å². The third kappa shape index (κ3) is 2.89. The van der Waals surface area contributed by atoms with Gasteiger partial charge in [0.2, 0.25) is 11.8 Å². The summed E-state index contributed by atoms with van der Waals surface area (Å²) < 4.78 is 0. The van der Waals surface area contributed by atoms with Crippen LogP contribution in [0.1, 0.15) is 30.1 Å². The smallest absolute Gasteiger partial charge is 0.258 e. The molecular weight excluding hydrogens is 348 g/mol. The minimum Gasteiger partial charge on any atom is -0.391 e. The van der Waals surface area contributed by atoms with Crippen molar-refractivity contribution in [1.29, 1.82) is 0 Å². The van der Waals surface area contributed by atoms with Crippen LogP contribution in [0.3, 0.4) is 0 Å². The molecule has 3 atom stereocenters. The number of aliphatic hydroxyl groups excluding tert-OH is 1. The highest BCUT2D eigenvalue weighted by Gasteiger charge is 2.53. The molecule has 0 saturated carbocycles. The van der Waals surface area contributed by atoms with E-state index in [1.807, 2.05) is 6.92 Å². The lowest BCUT2D eigenvalue weighted by Crippen LogP contribution is -2.64. The lowest BCUT2D eigenvalue weighted by Gasteiger charge is -2.48. The van der Waals surface area contributed by atoms with Crippen LogP contribution in [-0.4, -0.2) is 65.7 Å². The number of hydrogen-bond acceptors (Lipinski definition) is 5. The number of rotatable bonds is 4. The molecule has 0 bridgehead atoms. The van der Waals surface area contributed by atoms with E-state index in [1.54, 1.807) is 29.2 Å². The fraction of sp³-hybridized carbons (Fsp3) is 0.526. The van der Waals surface area contributed by atoms with Crippen LogP contribution in [0.15, 0.2) is 24.3 Å². The molecule has 3 unspecified atom stereocenters. The number of para-hydroxylation sites is 1. The first-order chi connectivity index (χ1) is 12.9. The molecule has 8 nitrogen and oxygen atoms in total. The van der Waals surface area contributed by atoms with Gasteiger partial charge in [0.1, 0.15) is 12.2 Å². The first-order valence-electron chi connectivity index (χ1n) is 9.31. The van der Waals surface area contributed by atoms with E-state index in [-0.39, 0.29) is 30.2 Å². The highest BCUT2D eigenvalue weighted by molar-refractivity contribution is 6.11. The molecule has 8 heteroatoms. The Morgan fingerprint density at radius 3 is 2.85 bits per heavy atom. The zero-order chi connectivity index (χ0) is 19.2. The van der Waals surface area contributed by atoms with E-state index < -0.39 is 11.8 Å². The number of amides is 3. The quantitative estimate of drug-likeness (QED) is 0.673. The molecule has 3 N–H and O–H groups in total. The molecule has 0 spiro atoms. The topological polar surface area (TPSA) is 102 Å². The Morgan fingerprint density at radius 1 is 1.33 bits per heavy atom. The molecule has 0 aliphatic carbocycles. The van der Waals surface area contributed by atoms with E-state index in [0.717, 1.165) is 0 Å². The van der Waals surface area contributed by atoms with Crippen LogP contribution in [0, 0.1) is 5.92 Å². The van der Waals surface area contributed by atoms with Gasteiger partial charge in [-0.3, -0.25) is 19.3 Å². The Bertz CT molecular complexity index is 798. The standard InChI is InChI=1S/C19H24N4O4/c1-19-7-6-17(26)23(19)14-5-3-2-4-13(14)18(27)22(19)11-16(25)21-9-12-8-20-10-15(12)24/h2-5,12,15,20,24H,6-11H2,1H3,(H,21,25). The van der Waals surface area contributed by atoms with Gasteiger partial charge in [-0.1, -0.05) is 12.1 Å². The zero-order valence-electron chi connectivity index (χ0n) is 15.3.